The van der Waals surface area contributed by atoms with Gasteiger partial charge >= 0.3 is 0 Å². The molecule has 0 saturated carbocycles. The molecule has 1 N–H and O–H groups in total. The van der Waals surface area contributed by atoms with Gasteiger partial charge in [0.05, 0.1) is 0 Å². The molecule has 0 spiro atoms. The Morgan fingerprint density at radius 2 is 1.35 bits per heavy atom. The molecule has 0 atom stereocenters. The summed E-state index contributed by atoms with van der Waals surface area (Å²) in [5, 5.41) is 7.42. The highest BCUT2D eigenvalue weighted by molar-refractivity contribution is 5.62. The standard InChI is InChI=1S/C6H15N.C6H14.C2H4O2/c1-4-7(5-2)6-3;1-4-5-6(2)3;1-2(3)4/h4-6H2,1-3H3;6H,4-5H2,1-3H3;1H3,(H,3,4). The van der Waals surface area contributed by atoms with Crippen molar-refractivity contribution >= 4 is 5.97 Å². The maximum atomic E-state index is 9.00. The van der Waals surface area contributed by atoms with E-state index < -0.39 is 5.97 Å². The van der Waals surface area contributed by atoms with Gasteiger partial charge in [0.15, 0.2) is 0 Å². The Balaban J connectivity index is -0.000000180. The molecule has 0 heterocycles. The first-order valence-corrected chi connectivity index (χ1v) is 6.77. The van der Waals surface area contributed by atoms with Gasteiger partial charge in [0.2, 0.25) is 0 Å². The summed E-state index contributed by atoms with van der Waals surface area (Å²) >= 11 is 0. The molecule has 0 bridgehead atoms. The van der Waals surface area contributed by atoms with Crippen LogP contribution in [-0.2, 0) is 4.79 Å². The summed E-state index contributed by atoms with van der Waals surface area (Å²) in [6, 6.07) is 0. The first-order valence-electron chi connectivity index (χ1n) is 6.77. The molecule has 3 nitrogen and oxygen atoms in total. The van der Waals surface area contributed by atoms with Gasteiger partial charge in [-0.15, -0.1) is 0 Å². The van der Waals surface area contributed by atoms with Crippen LogP contribution in [-0.4, -0.2) is 35.6 Å². The molecule has 0 fully saturated rings. The number of hydrogen-bond acceptors (Lipinski definition) is 2. The van der Waals surface area contributed by atoms with Crippen molar-refractivity contribution in [3.63, 3.8) is 0 Å². The van der Waals surface area contributed by atoms with Gasteiger partial charge in [0.1, 0.15) is 0 Å². The Labute approximate surface area is 108 Å². The summed E-state index contributed by atoms with van der Waals surface area (Å²) in [5.41, 5.74) is 0. The van der Waals surface area contributed by atoms with Crippen molar-refractivity contribution in [1.29, 1.82) is 0 Å². The second-order valence-electron chi connectivity index (χ2n) is 4.32. The van der Waals surface area contributed by atoms with E-state index in [1.165, 1.54) is 32.5 Å². The lowest BCUT2D eigenvalue weighted by atomic mass is 10.1. The molecule has 106 valence electrons. The molecule has 0 amide bonds. The van der Waals surface area contributed by atoms with Crippen LogP contribution >= 0.6 is 0 Å². The van der Waals surface area contributed by atoms with Gasteiger partial charge in [-0.05, 0) is 25.6 Å². The van der Waals surface area contributed by atoms with Crippen LogP contribution in [0.15, 0.2) is 0 Å². The Bertz CT molecular complexity index is 134. The summed E-state index contributed by atoms with van der Waals surface area (Å²) in [7, 11) is 0. The number of hydrogen-bond donors (Lipinski definition) is 1. The number of rotatable bonds is 5. The fourth-order valence-corrected chi connectivity index (χ4v) is 1.25. The van der Waals surface area contributed by atoms with Gasteiger partial charge in [-0.2, -0.15) is 0 Å². The number of carboxylic acid groups (broad SMARTS) is 1. The fourth-order valence-electron chi connectivity index (χ4n) is 1.25. The van der Waals surface area contributed by atoms with E-state index in [9.17, 15) is 0 Å². The van der Waals surface area contributed by atoms with Crippen LogP contribution in [0.2, 0.25) is 0 Å². The third-order valence-corrected chi connectivity index (χ3v) is 2.21. The quantitative estimate of drug-likeness (QED) is 0.801. The topological polar surface area (TPSA) is 40.5 Å². The Kier molecular flexibility index (Phi) is 22.7. The zero-order valence-corrected chi connectivity index (χ0v) is 12.9. The van der Waals surface area contributed by atoms with Gasteiger partial charge in [-0.3, -0.25) is 4.79 Å². The Hall–Kier alpha value is -0.570. The summed E-state index contributed by atoms with van der Waals surface area (Å²) in [5.74, 6) is 0.0648. The second kappa shape index (κ2) is 17.8. The first-order chi connectivity index (χ1) is 7.85. The third-order valence-electron chi connectivity index (χ3n) is 2.21. The van der Waals surface area contributed by atoms with Gasteiger partial charge in [0, 0.05) is 6.92 Å². The van der Waals surface area contributed by atoms with Gasteiger partial charge in [-0.25, -0.2) is 0 Å². The number of aliphatic carboxylic acids is 1. The summed E-state index contributed by atoms with van der Waals surface area (Å²) in [6.45, 7) is 17.9. The first kappa shape index (κ1) is 21.7. The smallest absolute Gasteiger partial charge is 0.300 e. The Morgan fingerprint density at radius 3 is 1.35 bits per heavy atom. The van der Waals surface area contributed by atoms with Crippen LogP contribution in [0.4, 0.5) is 0 Å². The van der Waals surface area contributed by atoms with Crippen molar-refractivity contribution < 1.29 is 9.90 Å². The SMILES string of the molecule is CC(=O)O.CCCC(C)C.CCN(CC)CC. The zero-order valence-electron chi connectivity index (χ0n) is 12.9. The molecule has 0 aliphatic carbocycles. The lowest BCUT2D eigenvalue weighted by molar-refractivity contribution is -0.134. The number of carboxylic acids is 1. The van der Waals surface area contributed by atoms with E-state index >= 15 is 0 Å². The third kappa shape index (κ3) is 39.2. The Morgan fingerprint density at radius 1 is 1.06 bits per heavy atom. The van der Waals surface area contributed by atoms with Crippen molar-refractivity contribution in [3.05, 3.63) is 0 Å². The molecular weight excluding hydrogens is 214 g/mol. The summed E-state index contributed by atoms with van der Waals surface area (Å²) in [6.07, 6.45) is 2.71. The molecule has 0 aromatic carbocycles. The lowest BCUT2D eigenvalue weighted by Gasteiger charge is -2.13. The molecule has 0 saturated heterocycles. The molecule has 3 heteroatoms. The molecule has 0 aliphatic heterocycles. The van der Waals surface area contributed by atoms with Gasteiger partial charge in [-0.1, -0.05) is 54.4 Å². The molecule has 0 rings (SSSR count). The van der Waals surface area contributed by atoms with Gasteiger partial charge < -0.3 is 10.0 Å². The van der Waals surface area contributed by atoms with Crippen LogP contribution < -0.4 is 0 Å². The van der Waals surface area contributed by atoms with Crippen molar-refractivity contribution in [2.24, 2.45) is 5.92 Å². The maximum Gasteiger partial charge on any atom is 0.300 e. The van der Waals surface area contributed by atoms with E-state index in [1.54, 1.807) is 0 Å². The summed E-state index contributed by atoms with van der Waals surface area (Å²) in [4.78, 5) is 11.4. The van der Waals surface area contributed by atoms with Crippen LogP contribution in [0.1, 0.15) is 61.3 Å². The van der Waals surface area contributed by atoms with E-state index in [4.69, 9.17) is 9.90 Å². The van der Waals surface area contributed by atoms with Crippen LogP contribution in [0.5, 0.6) is 0 Å². The molecule has 0 radical (unpaired) electrons. The monoisotopic (exact) mass is 247 g/mol. The average Bonchev–Trinajstić information content (AvgIpc) is 2.20. The van der Waals surface area contributed by atoms with Gasteiger partial charge in [0.25, 0.3) is 5.97 Å². The normalized spacial score (nSPS) is 9.24. The van der Waals surface area contributed by atoms with E-state index in [0.29, 0.717) is 0 Å². The molecular formula is C14H33NO2. The van der Waals surface area contributed by atoms with Crippen LogP contribution in [0.25, 0.3) is 0 Å². The molecule has 0 aromatic rings. The van der Waals surface area contributed by atoms with Crippen molar-refractivity contribution in [3.8, 4) is 0 Å². The highest BCUT2D eigenvalue weighted by atomic mass is 16.4. The van der Waals surface area contributed by atoms with Crippen molar-refractivity contribution in [1.82, 2.24) is 4.90 Å². The lowest BCUT2D eigenvalue weighted by Crippen LogP contribution is -2.21. The highest BCUT2D eigenvalue weighted by Crippen LogP contribution is 2.00. The van der Waals surface area contributed by atoms with E-state index in [0.717, 1.165) is 12.8 Å². The maximum absolute atomic E-state index is 9.00. The molecule has 17 heavy (non-hydrogen) atoms. The van der Waals surface area contributed by atoms with E-state index in [-0.39, 0.29) is 0 Å². The predicted octanol–water partition coefficient (Wildman–Crippen LogP) is 3.88. The second-order valence-corrected chi connectivity index (χ2v) is 4.32. The van der Waals surface area contributed by atoms with Crippen molar-refractivity contribution in [2.75, 3.05) is 19.6 Å². The number of carbonyl (C=O) groups is 1. The van der Waals surface area contributed by atoms with Crippen LogP contribution in [0.3, 0.4) is 0 Å². The van der Waals surface area contributed by atoms with Crippen molar-refractivity contribution in [2.45, 2.75) is 61.3 Å². The molecule has 0 aliphatic rings. The van der Waals surface area contributed by atoms with Crippen LogP contribution in [0, 0.1) is 5.92 Å². The van der Waals surface area contributed by atoms with E-state index in [1.807, 2.05) is 0 Å². The minimum Gasteiger partial charge on any atom is -0.481 e. The summed E-state index contributed by atoms with van der Waals surface area (Å²) < 4.78 is 0. The predicted molar refractivity (Wildman–Crippen MR) is 76.5 cm³/mol. The average molecular weight is 247 g/mol. The number of nitrogens with zero attached hydrogens (tertiary/aromatic N) is 1. The van der Waals surface area contributed by atoms with E-state index in [2.05, 4.69) is 46.4 Å². The minimum atomic E-state index is -0.833. The largest absolute Gasteiger partial charge is 0.481 e. The minimum absolute atomic E-state index is 0.833. The highest BCUT2D eigenvalue weighted by Gasteiger charge is 1.89. The zero-order chi connectivity index (χ0) is 14.3. The molecule has 0 unspecified atom stereocenters. The molecule has 0 aromatic heterocycles. The fraction of sp³-hybridized carbons (Fsp3) is 0.929.